The molecule has 3 aliphatic rings. The molecule has 174 valence electrons. The molecular weight excluding hydrogens is 456 g/mol. The van der Waals surface area contributed by atoms with E-state index in [1.54, 1.807) is 28.0 Å². The van der Waals surface area contributed by atoms with Crippen LogP contribution in [0, 0.1) is 0 Å². The Balaban J connectivity index is 1.23. The minimum Gasteiger partial charge on any atom is -0.322 e. The van der Waals surface area contributed by atoms with E-state index in [9.17, 15) is 14.4 Å². The summed E-state index contributed by atoms with van der Waals surface area (Å²) in [4.78, 5) is 46.8. The number of aromatic nitrogens is 1. The number of thioether (sulfide) groups is 1. The largest absolute Gasteiger partial charge is 0.322 e. The van der Waals surface area contributed by atoms with E-state index in [0.29, 0.717) is 18.5 Å². The number of hydrogen-bond acceptors (Lipinski definition) is 7. The summed E-state index contributed by atoms with van der Waals surface area (Å²) >= 11 is 3.42. The van der Waals surface area contributed by atoms with Crippen LogP contribution in [0.25, 0.3) is 0 Å². The van der Waals surface area contributed by atoms with Gasteiger partial charge in [-0.3, -0.25) is 24.6 Å². The first-order valence-corrected chi connectivity index (χ1v) is 13.5. The zero-order valence-corrected chi connectivity index (χ0v) is 20.2. The van der Waals surface area contributed by atoms with Gasteiger partial charge in [-0.1, -0.05) is 18.9 Å². The quantitative estimate of drug-likeness (QED) is 0.499. The molecule has 0 saturated carbocycles. The Hall–Kier alpha value is -2.23. The highest BCUT2D eigenvalue weighted by Gasteiger charge is 2.39. The highest BCUT2D eigenvalue weighted by molar-refractivity contribution is 7.98. The molecule has 5 rings (SSSR count). The van der Waals surface area contributed by atoms with Gasteiger partial charge in [-0.05, 0) is 50.0 Å². The summed E-state index contributed by atoms with van der Waals surface area (Å²) in [5.41, 5.74) is 2.70. The third kappa shape index (κ3) is 5.00. The number of imide groups is 1. The zero-order chi connectivity index (χ0) is 22.8. The third-order valence-electron chi connectivity index (χ3n) is 6.57. The molecule has 2 fully saturated rings. The Morgan fingerprint density at radius 1 is 1.12 bits per heavy atom. The number of likely N-dealkylation sites (tertiary alicyclic amines) is 1. The van der Waals surface area contributed by atoms with Gasteiger partial charge >= 0.3 is 0 Å². The van der Waals surface area contributed by atoms with E-state index >= 15 is 0 Å². The summed E-state index contributed by atoms with van der Waals surface area (Å²) in [5.74, 6) is -0.0222. The molecule has 1 atom stereocenters. The van der Waals surface area contributed by atoms with Gasteiger partial charge in [0.05, 0.1) is 12.2 Å². The fourth-order valence-corrected chi connectivity index (χ4v) is 6.73. The molecule has 3 amide bonds. The summed E-state index contributed by atoms with van der Waals surface area (Å²) in [5, 5.41) is 5.68. The molecule has 7 nitrogen and oxygen atoms in total. The van der Waals surface area contributed by atoms with Gasteiger partial charge in [0.2, 0.25) is 11.8 Å². The van der Waals surface area contributed by atoms with E-state index < -0.39 is 6.04 Å². The molecule has 1 aromatic carbocycles. The number of carbonyl (C=O) groups is 3. The number of amides is 3. The molecule has 1 aromatic heterocycles. The molecule has 9 heteroatoms. The van der Waals surface area contributed by atoms with Crippen molar-refractivity contribution in [1.29, 1.82) is 0 Å². The summed E-state index contributed by atoms with van der Waals surface area (Å²) in [6, 6.07) is 5.18. The van der Waals surface area contributed by atoms with Crippen LogP contribution in [-0.4, -0.2) is 51.6 Å². The number of thiazole rings is 1. The number of benzene rings is 1. The van der Waals surface area contributed by atoms with Gasteiger partial charge in [-0.15, -0.1) is 23.1 Å². The maximum absolute atomic E-state index is 13.0. The monoisotopic (exact) mass is 484 g/mol. The van der Waals surface area contributed by atoms with Crippen molar-refractivity contribution < 1.29 is 14.4 Å². The molecule has 0 radical (unpaired) electrons. The van der Waals surface area contributed by atoms with Gasteiger partial charge in [0.15, 0.2) is 0 Å². The number of nitrogens with zero attached hydrogens (tertiary/aromatic N) is 3. The SMILES string of the molecule is O=C1CCC(N2Cc3c(SCc4csc(CN5CCCCCC5)n4)cccc3C2=O)C(=O)N1. The number of rotatable bonds is 6. The van der Waals surface area contributed by atoms with Crippen molar-refractivity contribution in [2.45, 2.75) is 68.3 Å². The summed E-state index contributed by atoms with van der Waals surface area (Å²) in [6.45, 7) is 3.67. The molecule has 2 aromatic rings. The highest BCUT2D eigenvalue weighted by Crippen LogP contribution is 2.35. The Bertz CT molecular complexity index is 1060. The lowest BCUT2D eigenvalue weighted by Gasteiger charge is -2.29. The van der Waals surface area contributed by atoms with Crippen molar-refractivity contribution in [2.24, 2.45) is 0 Å². The number of piperidine rings is 1. The van der Waals surface area contributed by atoms with E-state index in [1.807, 2.05) is 18.2 Å². The summed E-state index contributed by atoms with van der Waals surface area (Å²) in [6.07, 6.45) is 5.87. The fraction of sp³-hybridized carbons (Fsp3) is 0.500. The average molecular weight is 485 g/mol. The number of fused-ring (bicyclic) bond motifs is 1. The molecule has 2 saturated heterocycles. The van der Waals surface area contributed by atoms with E-state index in [2.05, 4.69) is 15.6 Å². The van der Waals surface area contributed by atoms with Crippen LogP contribution >= 0.6 is 23.1 Å². The van der Waals surface area contributed by atoms with Crippen LogP contribution in [-0.2, 0) is 28.4 Å². The Morgan fingerprint density at radius 2 is 1.94 bits per heavy atom. The van der Waals surface area contributed by atoms with Crippen molar-refractivity contribution in [3.8, 4) is 0 Å². The number of hydrogen-bond donors (Lipinski definition) is 1. The minimum atomic E-state index is -0.583. The van der Waals surface area contributed by atoms with Gasteiger partial charge in [0.1, 0.15) is 11.0 Å². The van der Waals surface area contributed by atoms with Gasteiger partial charge in [-0.2, -0.15) is 0 Å². The molecule has 33 heavy (non-hydrogen) atoms. The first-order valence-electron chi connectivity index (χ1n) is 11.6. The predicted molar refractivity (Wildman–Crippen MR) is 128 cm³/mol. The van der Waals surface area contributed by atoms with Crippen LogP contribution < -0.4 is 5.32 Å². The molecule has 1 unspecified atom stereocenters. The lowest BCUT2D eigenvalue weighted by atomic mass is 10.0. The highest BCUT2D eigenvalue weighted by atomic mass is 32.2. The van der Waals surface area contributed by atoms with Crippen molar-refractivity contribution in [3.63, 3.8) is 0 Å². The first kappa shape index (κ1) is 22.6. The topological polar surface area (TPSA) is 82.6 Å². The van der Waals surface area contributed by atoms with Gasteiger partial charge in [0, 0.05) is 34.6 Å². The van der Waals surface area contributed by atoms with E-state index in [0.717, 1.165) is 41.5 Å². The second-order valence-electron chi connectivity index (χ2n) is 8.89. The van der Waals surface area contributed by atoms with Gasteiger partial charge in [0.25, 0.3) is 5.91 Å². The molecule has 3 aliphatic heterocycles. The smallest absolute Gasteiger partial charge is 0.255 e. The second kappa shape index (κ2) is 9.95. The summed E-state index contributed by atoms with van der Waals surface area (Å²) < 4.78 is 0. The van der Waals surface area contributed by atoms with Crippen LogP contribution in [0.1, 0.15) is 65.1 Å². The Morgan fingerprint density at radius 3 is 2.73 bits per heavy atom. The molecular formula is C24H28N4O3S2. The van der Waals surface area contributed by atoms with Crippen molar-refractivity contribution >= 4 is 40.8 Å². The summed E-state index contributed by atoms with van der Waals surface area (Å²) in [7, 11) is 0. The van der Waals surface area contributed by atoms with Crippen molar-refractivity contribution in [1.82, 2.24) is 20.1 Å². The Kier molecular flexibility index (Phi) is 6.80. The van der Waals surface area contributed by atoms with Crippen LogP contribution in [0.15, 0.2) is 28.5 Å². The first-order chi connectivity index (χ1) is 16.1. The zero-order valence-electron chi connectivity index (χ0n) is 18.5. The molecule has 0 aliphatic carbocycles. The average Bonchev–Trinajstić information content (AvgIpc) is 3.28. The molecule has 4 heterocycles. The molecule has 0 bridgehead atoms. The van der Waals surface area contributed by atoms with E-state index in [1.165, 1.54) is 30.7 Å². The van der Waals surface area contributed by atoms with Crippen LogP contribution in [0.5, 0.6) is 0 Å². The van der Waals surface area contributed by atoms with Crippen molar-refractivity contribution in [2.75, 3.05) is 13.1 Å². The van der Waals surface area contributed by atoms with Gasteiger partial charge < -0.3 is 4.90 Å². The third-order valence-corrected chi connectivity index (χ3v) is 8.59. The van der Waals surface area contributed by atoms with Crippen LogP contribution in [0.3, 0.4) is 0 Å². The number of nitrogens with one attached hydrogen (secondary N) is 1. The van der Waals surface area contributed by atoms with Crippen LogP contribution in [0.4, 0.5) is 0 Å². The fourth-order valence-electron chi connectivity index (χ4n) is 4.82. The molecule has 1 N–H and O–H groups in total. The minimum absolute atomic E-state index is 0.129. The standard InChI is InChI=1S/C24H28N4O3S2/c29-21-9-8-19(23(30)26-21)28-12-18-17(24(28)31)6-5-7-20(18)32-14-16-15-33-22(25-16)13-27-10-3-1-2-4-11-27/h5-7,15,19H,1-4,8-14H2,(H,26,29,30). The normalized spacial score (nSPS) is 21.8. The van der Waals surface area contributed by atoms with Gasteiger partial charge in [-0.25, -0.2) is 4.98 Å². The number of carbonyl (C=O) groups excluding carboxylic acids is 3. The lowest BCUT2D eigenvalue weighted by Crippen LogP contribution is -2.52. The van der Waals surface area contributed by atoms with Crippen molar-refractivity contribution in [3.05, 3.63) is 45.4 Å². The predicted octanol–water partition coefficient (Wildman–Crippen LogP) is 3.57. The second-order valence-corrected chi connectivity index (χ2v) is 10.9. The maximum Gasteiger partial charge on any atom is 0.255 e. The van der Waals surface area contributed by atoms with E-state index in [-0.39, 0.29) is 24.1 Å². The maximum atomic E-state index is 13.0. The lowest BCUT2D eigenvalue weighted by molar-refractivity contribution is -0.136. The Labute approximate surface area is 201 Å². The van der Waals surface area contributed by atoms with E-state index in [4.69, 9.17) is 4.98 Å². The molecule has 0 spiro atoms. The van der Waals surface area contributed by atoms with Crippen LogP contribution in [0.2, 0.25) is 0 Å².